The molecule has 2 aliphatic heterocycles. The van der Waals surface area contributed by atoms with Crippen LogP contribution in [0.4, 0.5) is 13.2 Å². The lowest BCUT2D eigenvalue weighted by molar-refractivity contribution is -0.138. The Bertz CT molecular complexity index is 1120. The maximum Gasteiger partial charge on any atom is 0.419 e. The van der Waals surface area contributed by atoms with Gasteiger partial charge in [-0.15, -0.1) is 0 Å². The fourth-order valence-electron chi connectivity index (χ4n) is 4.93. The second-order valence-corrected chi connectivity index (χ2v) is 8.21. The van der Waals surface area contributed by atoms with Crippen molar-refractivity contribution in [2.24, 2.45) is 5.92 Å². The van der Waals surface area contributed by atoms with Crippen molar-refractivity contribution >= 4 is 5.91 Å². The molecule has 9 heteroatoms. The maximum atomic E-state index is 13.6. The zero-order chi connectivity index (χ0) is 22.3. The summed E-state index contributed by atoms with van der Waals surface area (Å²) in [7, 11) is 0. The quantitative estimate of drug-likeness (QED) is 0.610. The fraction of sp³-hybridized carbons (Fsp3) is 0.348. The second-order valence-electron chi connectivity index (χ2n) is 8.21. The third-order valence-electron chi connectivity index (χ3n) is 6.34. The standard InChI is InChI=1S/C23H20F3N5O/c24-23(25,26)15-12-29-20(30-13-15)11-14-10-16-6-7-19(14)31(16)22(32)18-5-2-1-4-17(18)21-27-8-3-9-28-21/h1-5,8-9,12-14,16,19H,6-7,10-11H2. The molecule has 2 aromatic heterocycles. The van der Waals surface area contributed by atoms with Crippen LogP contribution in [0.25, 0.3) is 11.4 Å². The van der Waals surface area contributed by atoms with Gasteiger partial charge in [0.05, 0.1) is 11.1 Å². The molecule has 0 N–H and O–H groups in total. The number of benzene rings is 1. The van der Waals surface area contributed by atoms with Gasteiger partial charge in [-0.2, -0.15) is 13.2 Å². The molecule has 3 atom stereocenters. The summed E-state index contributed by atoms with van der Waals surface area (Å²) in [6.07, 6.45) is 3.52. The van der Waals surface area contributed by atoms with E-state index in [1.54, 1.807) is 24.5 Å². The number of rotatable bonds is 4. The van der Waals surface area contributed by atoms with Gasteiger partial charge in [-0.05, 0) is 37.3 Å². The van der Waals surface area contributed by atoms with E-state index in [0.29, 0.717) is 29.2 Å². The van der Waals surface area contributed by atoms with Gasteiger partial charge in [0.2, 0.25) is 0 Å². The SMILES string of the molecule is O=C(c1ccccc1-c1ncccn1)N1C2CCC1C(Cc1ncc(C(F)(F)F)cn1)C2. The summed E-state index contributed by atoms with van der Waals surface area (Å²) < 4.78 is 38.3. The number of amides is 1. The number of alkyl halides is 3. The maximum absolute atomic E-state index is 13.6. The molecule has 4 heterocycles. The first kappa shape index (κ1) is 20.5. The van der Waals surface area contributed by atoms with E-state index in [1.165, 1.54) is 0 Å². The molecule has 1 aromatic carbocycles. The summed E-state index contributed by atoms with van der Waals surface area (Å²) in [4.78, 5) is 31.9. The summed E-state index contributed by atoms with van der Waals surface area (Å²) in [6, 6.07) is 9.16. The van der Waals surface area contributed by atoms with Crippen LogP contribution in [-0.2, 0) is 12.6 Å². The van der Waals surface area contributed by atoms with Crippen molar-refractivity contribution in [2.75, 3.05) is 0 Å². The third-order valence-corrected chi connectivity index (χ3v) is 6.34. The number of hydrogen-bond donors (Lipinski definition) is 0. The molecule has 0 radical (unpaired) electrons. The van der Waals surface area contributed by atoms with Crippen molar-refractivity contribution in [2.45, 2.75) is 43.9 Å². The number of fused-ring (bicyclic) bond motifs is 2. The van der Waals surface area contributed by atoms with Crippen LogP contribution in [-0.4, -0.2) is 42.8 Å². The molecule has 2 fully saturated rings. The van der Waals surface area contributed by atoms with Gasteiger partial charge in [0.1, 0.15) is 5.82 Å². The number of carbonyl (C=O) groups is 1. The first-order valence-electron chi connectivity index (χ1n) is 10.5. The molecule has 6 nitrogen and oxygen atoms in total. The average molecular weight is 439 g/mol. The van der Waals surface area contributed by atoms with Crippen LogP contribution in [0.5, 0.6) is 0 Å². The minimum Gasteiger partial charge on any atom is -0.332 e. The molecule has 0 saturated carbocycles. The minimum atomic E-state index is -4.45. The molecule has 0 aliphatic carbocycles. The van der Waals surface area contributed by atoms with E-state index in [9.17, 15) is 18.0 Å². The highest BCUT2D eigenvalue weighted by Crippen LogP contribution is 2.44. The van der Waals surface area contributed by atoms with E-state index in [1.807, 2.05) is 23.1 Å². The third kappa shape index (κ3) is 3.72. The van der Waals surface area contributed by atoms with E-state index in [4.69, 9.17) is 0 Å². The summed E-state index contributed by atoms with van der Waals surface area (Å²) in [6.45, 7) is 0. The Labute approximate surface area is 182 Å². The van der Waals surface area contributed by atoms with E-state index in [-0.39, 0.29) is 23.9 Å². The van der Waals surface area contributed by atoms with Gasteiger partial charge in [0, 0.05) is 48.9 Å². The van der Waals surface area contributed by atoms with E-state index < -0.39 is 11.7 Å². The molecule has 2 bridgehead atoms. The highest BCUT2D eigenvalue weighted by molar-refractivity contribution is 6.00. The number of carbonyl (C=O) groups excluding carboxylic acids is 1. The molecule has 2 saturated heterocycles. The van der Waals surface area contributed by atoms with Crippen molar-refractivity contribution in [3.05, 3.63) is 72.1 Å². The highest BCUT2D eigenvalue weighted by atomic mass is 19.4. The molecule has 3 unspecified atom stereocenters. The van der Waals surface area contributed by atoms with E-state index in [0.717, 1.165) is 31.7 Å². The van der Waals surface area contributed by atoms with Gasteiger partial charge in [0.25, 0.3) is 5.91 Å². The van der Waals surface area contributed by atoms with E-state index in [2.05, 4.69) is 19.9 Å². The number of halogens is 3. The molecule has 2 aliphatic rings. The number of nitrogens with zero attached hydrogens (tertiary/aromatic N) is 5. The van der Waals surface area contributed by atoms with Gasteiger partial charge < -0.3 is 4.90 Å². The topological polar surface area (TPSA) is 71.9 Å². The van der Waals surface area contributed by atoms with Crippen molar-refractivity contribution in [3.63, 3.8) is 0 Å². The van der Waals surface area contributed by atoms with Crippen LogP contribution >= 0.6 is 0 Å². The minimum absolute atomic E-state index is 0.0168. The highest BCUT2D eigenvalue weighted by Gasteiger charge is 2.49. The molecular weight excluding hydrogens is 419 g/mol. The molecule has 1 amide bonds. The van der Waals surface area contributed by atoms with Crippen LogP contribution in [0.1, 0.15) is 41.0 Å². The van der Waals surface area contributed by atoms with Gasteiger partial charge in [0.15, 0.2) is 5.82 Å². The molecule has 164 valence electrons. The van der Waals surface area contributed by atoms with Gasteiger partial charge in [-0.1, -0.05) is 18.2 Å². The van der Waals surface area contributed by atoms with E-state index >= 15 is 0 Å². The molecule has 3 aromatic rings. The Kier molecular flexibility index (Phi) is 5.11. The van der Waals surface area contributed by atoms with Crippen LogP contribution in [0, 0.1) is 5.92 Å². The summed E-state index contributed by atoms with van der Waals surface area (Å²) in [5.74, 6) is 0.935. The van der Waals surface area contributed by atoms with Crippen LogP contribution in [0.3, 0.4) is 0 Å². The van der Waals surface area contributed by atoms with Crippen LogP contribution in [0.2, 0.25) is 0 Å². The molecule has 0 spiro atoms. The summed E-state index contributed by atoms with van der Waals surface area (Å²) in [5.41, 5.74) is 0.389. The smallest absolute Gasteiger partial charge is 0.332 e. The summed E-state index contributed by atoms with van der Waals surface area (Å²) in [5, 5.41) is 0. The largest absolute Gasteiger partial charge is 0.419 e. The lowest BCUT2D eigenvalue weighted by atomic mass is 9.86. The lowest BCUT2D eigenvalue weighted by Gasteiger charge is -2.25. The predicted octanol–water partition coefficient (Wildman–Crippen LogP) is 4.19. The average Bonchev–Trinajstić information content (AvgIpc) is 3.37. The normalized spacial score (nSPS) is 22.3. The molecule has 32 heavy (non-hydrogen) atoms. The van der Waals surface area contributed by atoms with Crippen molar-refractivity contribution in [3.8, 4) is 11.4 Å². The lowest BCUT2D eigenvalue weighted by Crippen LogP contribution is -2.37. The predicted molar refractivity (Wildman–Crippen MR) is 109 cm³/mol. The first-order valence-corrected chi connectivity index (χ1v) is 10.5. The van der Waals surface area contributed by atoms with Gasteiger partial charge in [-0.3, -0.25) is 4.79 Å². The summed E-state index contributed by atoms with van der Waals surface area (Å²) >= 11 is 0. The molecular formula is C23H20F3N5O. The Hall–Kier alpha value is -3.36. The Morgan fingerprint density at radius 2 is 1.72 bits per heavy atom. The van der Waals surface area contributed by atoms with Crippen LogP contribution < -0.4 is 0 Å². The molecule has 5 rings (SSSR count). The number of hydrogen-bond acceptors (Lipinski definition) is 5. The number of aromatic nitrogens is 4. The monoisotopic (exact) mass is 439 g/mol. The van der Waals surface area contributed by atoms with Crippen molar-refractivity contribution in [1.29, 1.82) is 0 Å². The zero-order valence-electron chi connectivity index (χ0n) is 17.0. The Morgan fingerprint density at radius 3 is 2.44 bits per heavy atom. The zero-order valence-corrected chi connectivity index (χ0v) is 17.0. The van der Waals surface area contributed by atoms with Crippen LogP contribution in [0.15, 0.2) is 55.1 Å². The van der Waals surface area contributed by atoms with Gasteiger partial charge >= 0.3 is 6.18 Å². The van der Waals surface area contributed by atoms with Gasteiger partial charge in [-0.25, -0.2) is 19.9 Å². The fourth-order valence-corrected chi connectivity index (χ4v) is 4.93. The first-order chi connectivity index (χ1) is 15.4. The van der Waals surface area contributed by atoms with Crippen molar-refractivity contribution < 1.29 is 18.0 Å². The Balaban J connectivity index is 1.36. The van der Waals surface area contributed by atoms with Crippen molar-refractivity contribution in [1.82, 2.24) is 24.8 Å². The second kappa shape index (κ2) is 7.96. The Morgan fingerprint density at radius 1 is 1.00 bits per heavy atom.